The van der Waals surface area contributed by atoms with E-state index in [1.165, 1.54) is 0 Å². The maximum atomic E-state index is 11.7. The van der Waals surface area contributed by atoms with Crippen molar-refractivity contribution >= 4 is 5.91 Å². The molecule has 0 aromatic carbocycles. The monoisotopic (exact) mass is 246 g/mol. The van der Waals surface area contributed by atoms with Crippen LogP contribution in [0.4, 0.5) is 0 Å². The lowest BCUT2D eigenvalue weighted by atomic mass is 10.0. The van der Waals surface area contributed by atoms with E-state index in [9.17, 15) is 4.79 Å². The third kappa shape index (κ3) is 6.61. The lowest BCUT2D eigenvalue weighted by Crippen LogP contribution is -2.56. The van der Waals surface area contributed by atoms with Crippen LogP contribution in [0, 0.1) is 5.92 Å². The fourth-order valence-corrected chi connectivity index (χ4v) is 1.37. The second kappa shape index (κ2) is 7.63. The molecule has 0 heterocycles. The summed E-state index contributed by atoms with van der Waals surface area (Å²) in [4.78, 5) is 11.7. The van der Waals surface area contributed by atoms with Crippen LogP contribution in [0.3, 0.4) is 0 Å². The number of hydrogen-bond donors (Lipinski definition) is 4. The van der Waals surface area contributed by atoms with Crippen LogP contribution in [0.2, 0.25) is 0 Å². The predicted octanol–water partition coefficient (Wildman–Crippen LogP) is -0.130. The van der Waals surface area contributed by atoms with E-state index < -0.39 is 11.6 Å². The number of amides is 1. The van der Waals surface area contributed by atoms with Crippen molar-refractivity contribution in [3.8, 4) is 0 Å². The maximum Gasteiger partial charge on any atom is 0.236 e. The highest BCUT2D eigenvalue weighted by Crippen LogP contribution is 2.03. The summed E-state index contributed by atoms with van der Waals surface area (Å²) >= 11 is 0. The van der Waals surface area contributed by atoms with Crippen molar-refractivity contribution in [1.82, 2.24) is 10.6 Å². The lowest BCUT2D eigenvalue weighted by Gasteiger charge is -2.29. The van der Waals surface area contributed by atoms with E-state index in [4.69, 9.17) is 10.2 Å². The minimum Gasteiger partial charge on any atom is -0.394 e. The molecule has 0 bridgehead atoms. The maximum absolute atomic E-state index is 11.7. The minimum absolute atomic E-state index is 0.112. The normalized spacial score (nSPS) is 13.8. The van der Waals surface area contributed by atoms with Crippen LogP contribution in [0.25, 0.3) is 0 Å². The summed E-state index contributed by atoms with van der Waals surface area (Å²) in [5.74, 6) is 0.442. The molecule has 0 aromatic rings. The van der Waals surface area contributed by atoms with Gasteiger partial charge in [-0.2, -0.15) is 0 Å². The van der Waals surface area contributed by atoms with Crippen molar-refractivity contribution < 1.29 is 15.0 Å². The Morgan fingerprint density at radius 2 is 1.76 bits per heavy atom. The highest BCUT2D eigenvalue weighted by atomic mass is 16.3. The lowest BCUT2D eigenvalue weighted by molar-refractivity contribution is -0.123. The number of carbonyl (C=O) groups is 1. The first-order chi connectivity index (χ1) is 7.84. The van der Waals surface area contributed by atoms with Crippen molar-refractivity contribution in [2.75, 3.05) is 19.8 Å². The Morgan fingerprint density at radius 3 is 2.18 bits per heavy atom. The van der Waals surface area contributed by atoms with Gasteiger partial charge in [0.2, 0.25) is 5.91 Å². The third-order valence-corrected chi connectivity index (χ3v) is 2.68. The Labute approximate surface area is 104 Å². The van der Waals surface area contributed by atoms with Gasteiger partial charge >= 0.3 is 0 Å². The summed E-state index contributed by atoms with van der Waals surface area (Å²) in [6, 6.07) is -0.438. The van der Waals surface area contributed by atoms with Gasteiger partial charge in [0.25, 0.3) is 0 Å². The van der Waals surface area contributed by atoms with Crippen molar-refractivity contribution in [2.45, 2.75) is 45.7 Å². The smallest absolute Gasteiger partial charge is 0.236 e. The molecule has 0 fully saturated rings. The van der Waals surface area contributed by atoms with Gasteiger partial charge in [-0.15, -0.1) is 0 Å². The van der Waals surface area contributed by atoms with Gasteiger partial charge in [0, 0.05) is 6.54 Å². The molecule has 0 aliphatic carbocycles. The molecule has 0 radical (unpaired) electrons. The van der Waals surface area contributed by atoms with Crippen LogP contribution in [-0.2, 0) is 4.79 Å². The summed E-state index contributed by atoms with van der Waals surface area (Å²) in [5, 5.41) is 24.0. The summed E-state index contributed by atoms with van der Waals surface area (Å²) in [5.41, 5.74) is -0.825. The molecule has 0 spiro atoms. The average molecular weight is 246 g/mol. The highest BCUT2D eigenvalue weighted by molar-refractivity contribution is 5.81. The number of nitrogens with one attached hydrogen (secondary N) is 2. The number of carbonyl (C=O) groups excluding carboxylic acids is 1. The van der Waals surface area contributed by atoms with Crippen LogP contribution >= 0.6 is 0 Å². The molecule has 5 nitrogen and oxygen atoms in total. The molecule has 102 valence electrons. The van der Waals surface area contributed by atoms with E-state index in [2.05, 4.69) is 24.5 Å². The van der Waals surface area contributed by atoms with Crippen LogP contribution < -0.4 is 10.6 Å². The van der Waals surface area contributed by atoms with Crippen molar-refractivity contribution in [2.24, 2.45) is 5.92 Å². The predicted molar refractivity (Wildman–Crippen MR) is 67.6 cm³/mol. The zero-order chi connectivity index (χ0) is 13.5. The molecule has 4 N–H and O–H groups in total. The van der Waals surface area contributed by atoms with E-state index in [0.29, 0.717) is 12.5 Å². The first-order valence-electron chi connectivity index (χ1n) is 6.11. The number of rotatable bonds is 8. The molecule has 5 heteroatoms. The van der Waals surface area contributed by atoms with Gasteiger partial charge in [-0.1, -0.05) is 13.8 Å². The van der Waals surface area contributed by atoms with E-state index in [0.717, 1.165) is 6.42 Å². The first-order valence-corrected chi connectivity index (χ1v) is 6.11. The summed E-state index contributed by atoms with van der Waals surface area (Å²) in [6.45, 7) is 7.81. The zero-order valence-corrected chi connectivity index (χ0v) is 11.3. The molecule has 0 saturated carbocycles. The summed E-state index contributed by atoms with van der Waals surface area (Å²) < 4.78 is 0. The highest BCUT2D eigenvalue weighted by Gasteiger charge is 2.26. The molecule has 0 aliphatic rings. The molecular weight excluding hydrogens is 220 g/mol. The van der Waals surface area contributed by atoms with Crippen molar-refractivity contribution in [1.29, 1.82) is 0 Å². The quantitative estimate of drug-likeness (QED) is 0.481. The number of hydrogen-bond acceptors (Lipinski definition) is 4. The third-order valence-electron chi connectivity index (χ3n) is 2.68. The molecule has 17 heavy (non-hydrogen) atoms. The number of aliphatic hydroxyl groups excluding tert-OH is 2. The van der Waals surface area contributed by atoms with Crippen molar-refractivity contribution in [3.05, 3.63) is 0 Å². The standard InChI is InChI=1S/C12H26N2O3/c1-9(2)5-6-13-11(17)10(3)14-12(4,7-15)8-16/h9-10,14-16H,5-8H2,1-4H3,(H,13,17). The van der Waals surface area contributed by atoms with Crippen molar-refractivity contribution in [3.63, 3.8) is 0 Å². The van der Waals surface area contributed by atoms with Gasteiger partial charge in [-0.3, -0.25) is 10.1 Å². The molecule has 0 saturated heterocycles. The van der Waals surface area contributed by atoms with Gasteiger partial charge in [-0.25, -0.2) is 0 Å². The molecule has 1 atom stereocenters. The van der Waals surface area contributed by atoms with Gasteiger partial charge in [-0.05, 0) is 26.2 Å². The van der Waals surface area contributed by atoms with Crippen LogP contribution in [0.5, 0.6) is 0 Å². The molecular formula is C12H26N2O3. The van der Waals surface area contributed by atoms with Crippen LogP contribution in [-0.4, -0.2) is 47.5 Å². The first kappa shape index (κ1) is 16.4. The van der Waals surface area contributed by atoms with Crippen LogP contribution in [0.15, 0.2) is 0 Å². The second-order valence-electron chi connectivity index (χ2n) is 5.22. The summed E-state index contributed by atoms with van der Waals surface area (Å²) in [6.07, 6.45) is 0.940. The Kier molecular flexibility index (Phi) is 7.34. The fourth-order valence-electron chi connectivity index (χ4n) is 1.37. The Bertz CT molecular complexity index is 228. The van der Waals surface area contributed by atoms with E-state index in [1.54, 1.807) is 13.8 Å². The Hall–Kier alpha value is -0.650. The molecule has 1 amide bonds. The minimum atomic E-state index is -0.825. The molecule has 0 rings (SSSR count). The summed E-state index contributed by atoms with van der Waals surface area (Å²) in [7, 11) is 0. The van der Waals surface area contributed by atoms with Gasteiger partial charge < -0.3 is 15.5 Å². The largest absolute Gasteiger partial charge is 0.394 e. The SMILES string of the molecule is CC(C)CCNC(=O)C(C)NC(C)(CO)CO. The van der Waals surface area contributed by atoms with Gasteiger partial charge in [0.1, 0.15) is 0 Å². The molecule has 0 aromatic heterocycles. The second-order valence-corrected chi connectivity index (χ2v) is 5.22. The number of aliphatic hydroxyl groups is 2. The topological polar surface area (TPSA) is 81.6 Å². The van der Waals surface area contributed by atoms with E-state index in [1.807, 2.05) is 0 Å². The molecule has 1 unspecified atom stereocenters. The van der Waals surface area contributed by atoms with E-state index >= 15 is 0 Å². The Morgan fingerprint density at radius 1 is 1.24 bits per heavy atom. The fraction of sp³-hybridized carbons (Fsp3) is 0.917. The zero-order valence-electron chi connectivity index (χ0n) is 11.3. The van der Waals surface area contributed by atoms with E-state index in [-0.39, 0.29) is 19.1 Å². The van der Waals surface area contributed by atoms with Gasteiger partial charge in [0.05, 0.1) is 24.8 Å². The van der Waals surface area contributed by atoms with Crippen LogP contribution in [0.1, 0.15) is 34.1 Å². The molecule has 0 aliphatic heterocycles. The average Bonchev–Trinajstić information content (AvgIpc) is 2.28. The van der Waals surface area contributed by atoms with Gasteiger partial charge in [0.15, 0.2) is 0 Å². The Balaban J connectivity index is 4.04.